The third-order valence-electron chi connectivity index (χ3n) is 2.04. The summed E-state index contributed by atoms with van der Waals surface area (Å²) < 4.78 is 4.86. The van der Waals surface area contributed by atoms with Crippen LogP contribution in [-0.4, -0.2) is 12.6 Å². The van der Waals surface area contributed by atoms with Gasteiger partial charge in [0.2, 0.25) is 0 Å². The van der Waals surface area contributed by atoms with Crippen molar-refractivity contribution in [2.75, 3.05) is 6.61 Å². The van der Waals surface area contributed by atoms with Crippen molar-refractivity contribution < 1.29 is 9.53 Å². The molecule has 0 saturated heterocycles. The average molecular weight is 142 g/mol. The molecule has 0 aromatic carbocycles. The molecule has 2 nitrogen and oxygen atoms in total. The second-order valence-corrected chi connectivity index (χ2v) is 2.76. The second kappa shape index (κ2) is 3.04. The Balaban J connectivity index is 2.19. The topological polar surface area (TPSA) is 26.3 Å². The molecule has 0 aromatic rings. The maximum absolute atomic E-state index is 11.0. The van der Waals surface area contributed by atoms with Gasteiger partial charge in [0.15, 0.2) is 0 Å². The molecule has 1 fully saturated rings. The van der Waals surface area contributed by atoms with E-state index in [1.165, 1.54) is 0 Å². The van der Waals surface area contributed by atoms with Crippen LogP contribution in [0.15, 0.2) is 0 Å². The standard InChI is InChI=1S/C8H14O2/c1-3-6-5-7(6)8(9)10-4-2/h6-7H,3-5H2,1-2H3/t6-,7+/m1/s1. The fourth-order valence-electron chi connectivity index (χ4n) is 1.24. The van der Waals surface area contributed by atoms with Gasteiger partial charge in [0, 0.05) is 0 Å². The third kappa shape index (κ3) is 1.49. The van der Waals surface area contributed by atoms with E-state index >= 15 is 0 Å². The summed E-state index contributed by atoms with van der Waals surface area (Å²) in [6.45, 7) is 4.48. The molecule has 1 aliphatic rings. The third-order valence-corrected chi connectivity index (χ3v) is 2.04. The normalized spacial score (nSPS) is 29.8. The molecule has 10 heavy (non-hydrogen) atoms. The van der Waals surface area contributed by atoms with Crippen LogP contribution in [0.2, 0.25) is 0 Å². The van der Waals surface area contributed by atoms with Crippen LogP contribution in [0.3, 0.4) is 0 Å². The van der Waals surface area contributed by atoms with Crippen molar-refractivity contribution >= 4 is 5.97 Å². The summed E-state index contributed by atoms with van der Waals surface area (Å²) in [5.41, 5.74) is 0. The quantitative estimate of drug-likeness (QED) is 0.559. The highest BCUT2D eigenvalue weighted by Gasteiger charge is 2.42. The average Bonchev–Trinajstić information content (AvgIpc) is 2.66. The number of hydrogen-bond acceptors (Lipinski definition) is 2. The van der Waals surface area contributed by atoms with Gasteiger partial charge in [0.05, 0.1) is 12.5 Å². The Labute approximate surface area is 61.6 Å². The SMILES string of the molecule is CCOC(=O)[C@H]1C[C@H]1CC. The van der Waals surface area contributed by atoms with Crippen LogP contribution < -0.4 is 0 Å². The number of rotatable bonds is 3. The Morgan fingerprint density at radius 2 is 2.30 bits per heavy atom. The first-order chi connectivity index (χ1) is 4.79. The van der Waals surface area contributed by atoms with Gasteiger partial charge in [-0.3, -0.25) is 4.79 Å². The molecule has 0 N–H and O–H groups in total. The first-order valence-corrected chi connectivity index (χ1v) is 3.96. The molecule has 0 aliphatic heterocycles. The second-order valence-electron chi connectivity index (χ2n) is 2.76. The van der Waals surface area contributed by atoms with Gasteiger partial charge < -0.3 is 4.74 Å². The Kier molecular flexibility index (Phi) is 2.30. The fourth-order valence-corrected chi connectivity index (χ4v) is 1.24. The molecule has 1 rings (SSSR count). The van der Waals surface area contributed by atoms with Crippen molar-refractivity contribution in [3.05, 3.63) is 0 Å². The van der Waals surface area contributed by atoms with Crippen molar-refractivity contribution in [3.8, 4) is 0 Å². The summed E-state index contributed by atoms with van der Waals surface area (Å²) in [5, 5.41) is 0. The van der Waals surface area contributed by atoms with E-state index in [1.54, 1.807) is 0 Å². The van der Waals surface area contributed by atoms with Crippen LogP contribution in [0.25, 0.3) is 0 Å². The van der Waals surface area contributed by atoms with E-state index in [9.17, 15) is 4.79 Å². The summed E-state index contributed by atoms with van der Waals surface area (Å²) in [4.78, 5) is 11.0. The number of carbonyl (C=O) groups excluding carboxylic acids is 1. The van der Waals surface area contributed by atoms with Crippen LogP contribution in [0, 0.1) is 11.8 Å². The van der Waals surface area contributed by atoms with E-state index in [0.717, 1.165) is 12.8 Å². The van der Waals surface area contributed by atoms with Gasteiger partial charge in [-0.25, -0.2) is 0 Å². The zero-order valence-corrected chi connectivity index (χ0v) is 6.59. The molecule has 2 heteroatoms. The van der Waals surface area contributed by atoms with Crippen LogP contribution in [0.5, 0.6) is 0 Å². The molecule has 1 aliphatic carbocycles. The lowest BCUT2D eigenvalue weighted by Crippen LogP contribution is -2.07. The molecule has 0 aromatic heterocycles. The minimum absolute atomic E-state index is 0.00866. The summed E-state index contributed by atoms with van der Waals surface area (Å²) in [6.07, 6.45) is 2.17. The Hall–Kier alpha value is -0.530. The highest BCUT2D eigenvalue weighted by molar-refractivity contribution is 5.75. The highest BCUT2D eigenvalue weighted by Crippen LogP contribution is 2.41. The van der Waals surface area contributed by atoms with Gasteiger partial charge in [-0.1, -0.05) is 13.3 Å². The molecular formula is C8H14O2. The Morgan fingerprint density at radius 1 is 1.60 bits per heavy atom. The maximum atomic E-state index is 11.0. The molecule has 0 heterocycles. The minimum atomic E-state index is 0.00866. The Morgan fingerprint density at radius 3 is 2.70 bits per heavy atom. The first-order valence-electron chi connectivity index (χ1n) is 3.96. The summed E-state index contributed by atoms with van der Waals surface area (Å²) >= 11 is 0. The molecule has 0 spiro atoms. The van der Waals surface area contributed by atoms with Crippen LogP contribution in [0.1, 0.15) is 26.7 Å². The van der Waals surface area contributed by atoms with Gasteiger partial charge in [0.25, 0.3) is 0 Å². The van der Waals surface area contributed by atoms with E-state index in [0.29, 0.717) is 12.5 Å². The lowest BCUT2D eigenvalue weighted by atomic mass is 10.2. The van der Waals surface area contributed by atoms with Crippen LogP contribution >= 0.6 is 0 Å². The van der Waals surface area contributed by atoms with Crippen molar-refractivity contribution in [1.29, 1.82) is 0 Å². The minimum Gasteiger partial charge on any atom is -0.466 e. The largest absolute Gasteiger partial charge is 0.466 e. The number of esters is 1. The van der Waals surface area contributed by atoms with Crippen molar-refractivity contribution in [2.24, 2.45) is 11.8 Å². The lowest BCUT2D eigenvalue weighted by Gasteiger charge is -1.97. The molecular weight excluding hydrogens is 128 g/mol. The van der Waals surface area contributed by atoms with E-state index in [2.05, 4.69) is 6.92 Å². The predicted octanol–water partition coefficient (Wildman–Crippen LogP) is 1.60. The Bertz CT molecular complexity index is 131. The van der Waals surface area contributed by atoms with Gasteiger partial charge >= 0.3 is 5.97 Å². The maximum Gasteiger partial charge on any atom is 0.309 e. The summed E-state index contributed by atoms with van der Waals surface area (Å²) in [5.74, 6) is 0.873. The van der Waals surface area contributed by atoms with Crippen LogP contribution in [-0.2, 0) is 9.53 Å². The van der Waals surface area contributed by atoms with Gasteiger partial charge in [-0.15, -0.1) is 0 Å². The van der Waals surface area contributed by atoms with E-state index in [4.69, 9.17) is 4.74 Å². The molecule has 0 radical (unpaired) electrons. The van der Waals surface area contributed by atoms with Gasteiger partial charge in [-0.05, 0) is 19.3 Å². The monoisotopic (exact) mass is 142 g/mol. The molecule has 0 bridgehead atoms. The number of ether oxygens (including phenoxy) is 1. The van der Waals surface area contributed by atoms with Crippen molar-refractivity contribution in [3.63, 3.8) is 0 Å². The lowest BCUT2D eigenvalue weighted by molar-refractivity contribution is -0.145. The van der Waals surface area contributed by atoms with Crippen molar-refractivity contribution in [2.45, 2.75) is 26.7 Å². The highest BCUT2D eigenvalue weighted by atomic mass is 16.5. The smallest absolute Gasteiger partial charge is 0.309 e. The predicted molar refractivity (Wildman–Crippen MR) is 38.5 cm³/mol. The fraction of sp³-hybridized carbons (Fsp3) is 0.875. The molecule has 0 amide bonds. The van der Waals surface area contributed by atoms with Crippen LogP contribution in [0.4, 0.5) is 0 Å². The first kappa shape index (κ1) is 7.58. The number of carbonyl (C=O) groups is 1. The van der Waals surface area contributed by atoms with Gasteiger partial charge in [0.1, 0.15) is 0 Å². The van der Waals surface area contributed by atoms with E-state index in [-0.39, 0.29) is 11.9 Å². The zero-order chi connectivity index (χ0) is 7.56. The molecule has 1 saturated carbocycles. The molecule has 0 unspecified atom stereocenters. The number of hydrogen-bond donors (Lipinski definition) is 0. The molecule has 2 atom stereocenters. The van der Waals surface area contributed by atoms with E-state index < -0.39 is 0 Å². The van der Waals surface area contributed by atoms with Crippen molar-refractivity contribution in [1.82, 2.24) is 0 Å². The summed E-state index contributed by atoms with van der Waals surface area (Å²) in [6, 6.07) is 0. The zero-order valence-electron chi connectivity index (χ0n) is 6.59. The summed E-state index contributed by atoms with van der Waals surface area (Å²) in [7, 11) is 0. The van der Waals surface area contributed by atoms with E-state index in [1.807, 2.05) is 6.92 Å². The molecule has 58 valence electrons. The van der Waals surface area contributed by atoms with Gasteiger partial charge in [-0.2, -0.15) is 0 Å².